The van der Waals surface area contributed by atoms with E-state index in [0.29, 0.717) is 10.8 Å². The van der Waals surface area contributed by atoms with Gasteiger partial charge in [0.2, 0.25) is 0 Å². The third-order valence-corrected chi connectivity index (χ3v) is 4.67. The molecular formula is C13H18. The first kappa shape index (κ1) is 7.84. The van der Waals surface area contributed by atoms with E-state index in [9.17, 15) is 0 Å². The Bertz CT molecular complexity index is 246. The second-order valence-electron chi connectivity index (χ2n) is 5.09. The normalized spacial score (nSPS) is 47.4. The third-order valence-electron chi connectivity index (χ3n) is 4.67. The highest BCUT2D eigenvalue weighted by Crippen LogP contribution is 2.63. The average Bonchev–Trinajstić information content (AvgIpc) is 2.56. The van der Waals surface area contributed by atoms with Crippen molar-refractivity contribution in [2.45, 2.75) is 44.9 Å². The molecule has 0 aromatic rings. The van der Waals surface area contributed by atoms with E-state index in [-0.39, 0.29) is 0 Å². The highest BCUT2D eigenvalue weighted by Gasteiger charge is 2.52. The van der Waals surface area contributed by atoms with E-state index >= 15 is 0 Å². The smallest absolute Gasteiger partial charge is 0.00241 e. The number of allylic oxidation sites excluding steroid dienone is 4. The van der Waals surface area contributed by atoms with Crippen LogP contribution in [0, 0.1) is 10.8 Å². The van der Waals surface area contributed by atoms with E-state index in [4.69, 9.17) is 0 Å². The van der Waals surface area contributed by atoms with Crippen LogP contribution in [0.5, 0.6) is 0 Å². The van der Waals surface area contributed by atoms with Crippen molar-refractivity contribution in [3.8, 4) is 0 Å². The second kappa shape index (κ2) is 2.50. The SMILES string of the molecule is C1=C[C@@]23CCCC[C@@]2(C=C1)CCC3. The molecule has 0 radical (unpaired) electrons. The van der Waals surface area contributed by atoms with E-state index in [0.717, 1.165) is 0 Å². The molecule has 0 aromatic carbocycles. The molecule has 0 aromatic heterocycles. The lowest BCUT2D eigenvalue weighted by Crippen LogP contribution is -2.38. The van der Waals surface area contributed by atoms with Crippen LogP contribution in [-0.2, 0) is 0 Å². The largest absolute Gasteiger partial charge is 0.0775 e. The van der Waals surface area contributed by atoms with Gasteiger partial charge in [-0.15, -0.1) is 0 Å². The lowest BCUT2D eigenvalue weighted by Gasteiger charge is -2.48. The lowest BCUT2D eigenvalue weighted by molar-refractivity contribution is 0.109. The van der Waals surface area contributed by atoms with Gasteiger partial charge in [0, 0.05) is 0 Å². The van der Waals surface area contributed by atoms with Gasteiger partial charge < -0.3 is 0 Å². The fraction of sp³-hybridized carbons (Fsp3) is 0.692. The molecule has 13 heavy (non-hydrogen) atoms. The molecule has 0 bridgehead atoms. The summed E-state index contributed by atoms with van der Waals surface area (Å²) in [5.74, 6) is 0. The molecule has 0 N–H and O–H groups in total. The van der Waals surface area contributed by atoms with Crippen molar-refractivity contribution in [1.29, 1.82) is 0 Å². The molecule has 2 atom stereocenters. The predicted octanol–water partition coefficient (Wildman–Crippen LogP) is 3.84. The van der Waals surface area contributed by atoms with Crippen LogP contribution in [0.2, 0.25) is 0 Å². The van der Waals surface area contributed by atoms with Crippen molar-refractivity contribution in [3.63, 3.8) is 0 Å². The highest BCUT2D eigenvalue weighted by molar-refractivity contribution is 5.28. The summed E-state index contributed by atoms with van der Waals surface area (Å²) < 4.78 is 0. The van der Waals surface area contributed by atoms with E-state index in [1.165, 1.54) is 44.9 Å². The molecule has 3 aliphatic rings. The van der Waals surface area contributed by atoms with Crippen molar-refractivity contribution in [2.24, 2.45) is 10.8 Å². The maximum atomic E-state index is 2.53. The van der Waals surface area contributed by atoms with Crippen LogP contribution in [0.25, 0.3) is 0 Å². The van der Waals surface area contributed by atoms with Crippen molar-refractivity contribution >= 4 is 0 Å². The molecular weight excluding hydrogens is 156 g/mol. The quantitative estimate of drug-likeness (QED) is 0.523. The van der Waals surface area contributed by atoms with Gasteiger partial charge in [0.1, 0.15) is 0 Å². The zero-order chi connectivity index (χ0) is 8.78. The zero-order valence-corrected chi connectivity index (χ0v) is 8.26. The summed E-state index contributed by atoms with van der Waals surface area (Å²) in [6, 6.07) is 0. The summed E-state index contributed by atoms with van der Waals surface area (Å²) in [4.78, 5) is 0. The Balaban J connectivity index is 2.08. The average molecular weight is 174 g/mol. The monoisotopic (exact) mass is 174 g/mol. The topological polar surface area (TPSA) is 0 Å². The summed E-state index contributed by atoms with van der Waals surface area (Å²) in [6.07, 6.45) is 19.8. The Kier molecular flexibility index (Phi) is 1.51. The van der Waals surface area contributed by atoms with Gasteiger partial charge >= 0.3 is 0 Å². The van der Waals surface area contributed by atoms with Gasteiger partial charge in [-0.1, -0.05) is 43.6 Å². The fourth-order valence-corrected chi connectivity index (χ4v) is 3.99. The Morgan fingerprint density at radius 3 is 1.62 bits per heavy atom. The highest BCUT2D eigenvalue weighted by atomic mass is 14.6. The molecule has 0 nitrogen and oxygen atoms in total. The van der Waals surface area contributed by atoms with Crippen LogP contribution >= 0.6 is 0 Å². The Morgan fingerprint density at radius 2 is 1.08 bits per heavy atom. The Hall–Kier alpha value is -0.520. The Labute approximate surface area is 80.7 Å². The standard InChI is InChI=1S/C13H18/c1-2-7-13-9-4-3-8-12(13,6-1)10-5-11-13/h1-2,6-7H,3-5,8-11H2/t12-,13-/m0/s1. The molecule has 0 unspecified atom stereocenters. The van der Waals surface area contributed by atoms with Crippen LogP contribution in [-0.4, -0.2) is 0 Å². The van der Waals surface area contributed by atoms with Gasteiger partial charge in [-0.05, 0) is 36.5 Å². The van der Waals surface area contributed by atoms with Crippen molar-refractivity contribution in [3.05, 3.63) is 24.3 Å². The van der Waals surface area contributed by atoms with E-state index in [1.54, 1.807) is 0 Å². The van der Waals surface area contributed by atoms with Gasteiger partial charge in [-0.2, -0.15) is 0 Å². The molecule has 0 saturated heterocycles. The molecule has 0 aliphatic heterocycles. The molecule has 3 aliphatic carbocycles. The van der Waals surface area contributed by atoms with E-state index in [2.05, 4.69) is 24.3 Å². The molecule has 0 heterocycles. The minimum atomic E-state index is 0.597. The van der Waals surface area contributed by atoms with Crippen LogP contribution in [0.3, 0.4) is 0 Å². The molecule has 2 saturated carbocycles. The molecule has 0 spiro atoms. The molecule has 0 heteroatoms. The van der Waals surface area contributed by atoms with Crippen LogP contribution < -0.4 is 0 Å². The van der Waals surface area contributed by atoms with E-state index < -0.39 is 0 Å². The number of hydrogen-bond acceptors (Lipinski definition) is 0. The minimum Gasteiger partial charge on any atom is -0.0775 e. The summed E-state index contributed by atoms with van der Waals surface area (Å²) in [5.41, 5.74) is 1.19. The fourth-order valence-electron chi connectivity index (χ4n) is 3.99. The number of rotatable bonds is 0. The lowest BCUT2D eigenvalue weighted by atomic mass is 9.56. The van der Waals surface area contributed by atoms with Crippen molar-refractivity contribution in [1.82, 2.24) is 0 Å². The Morgan fingerprint density at radius 1 is 0.615 bits per heavy atom. The molecule has 3 rings (SSSR count). The van der Waals surface area contributed by atoms with Gasteiger partial charge in [-0.25, -0.2) is 0 Å². The first-order valence-electron chi connectivity index (χ1n) is 5.74. The molecule has 0 amide bonds. The van der Waals surface area contributed by atoms with Crippen LogP contribution in [0.1, 0.15) is 44.9 Å². The van der Waals surface area contributed by atoms with Gasteiger partial charge in [0.15, 0.2) is 0 Å². The third kappa shape index (κ3) is 0.868. The first-order valence-corrected chi connectivity index (χ1v) is 5.74. The van der Waals surface area contributed by atoms with Gasteiger partial charge in [0.25, 0.3) is 0 Å². The summed E-state index contributed by atoms with van der Waals surface area (Å²) in [5, 5.41) is 0. The second-order valence-corrected chi connectivity index (χ2v) is 5.09. The van der Waals surface area contributed by atoms with Crippen molar-refractivity contribution in [2.75, 3.05) is 0 Å². The van der Waals surface area contributed by atoms with Crippen LogP contribution in [0.4, 0.5) is 0 Å². The predicted molar refractivity (Wildman–Crippen MR) is 55.5 cm³/mol. The minimum absolute atomic E-state index is 0.597. The summed E-state index contributed by atoms with van der Waals surface area (Å²) in [6.45, 7) is 0. The van der Waals surface area contributed by atoms with E-state index in [1.807, 2.05) is 0 Å². The first-order chi connectivity index (χ1) is 6.37. The molecule has 2 fully saturated rings. The number of hydrogen-bond donors (Lipinski definition) is 0. The van der Waals surface area contributed by atoms with Gasteiger partial charge in [-0.3, -0.25) is 0 Å². The molecule has 70 valence electrons. The van der Waals surface area contributed by atoms with Gasteiger partial charge in [0.05, 0.1) is 0 Å². The maximum Gasteiger partial charge on any atom is -0.00241 e. The summed E-state index contributed by atoms with van der Waals surface area (Å²) >= 11 is 0. The van der Waals surface area contributed by atoms with Crippen LogP contribution in [0.15, 0.2) is 24.3 Å². The maximum absolute atomic E-state index is 2.53. The zero-order valence-electron chi connectivity index (χ0n) is 8.26. The van der Waals surface area contributed by atoms with Crippen molar-refractivity contribution < 1.29 is 0 Å². The summed E-state index contributed by atoms with van der Waals surface area (Å²) in [7, 11) is 0.